The highest BCUT2D eigenvalue weighted by atomic mass is 32.1. The van der Waals surface area contributed by atoms with Gasteiger partial charge in [-0.15, -0.1) is 11.3 Å². The first-order chi connectivity index (χ1) is 16.5. The summed E-state index contributed by atoms with van der Waals surface area (Å²) in [5, 5.41) is 6.58. The molecule has 34 heavy (non-hydrogen) atoms. The van der Waals surface area contributed by atoms with Gasteiger partial charge in [-0.3, -0.25) is 4.79 Å². The standard InChI is InChI=1S/C29H34N2O2S/c1-20-17-27(34-19-20)29-21(2)25-18-24(33-4)14-15-26(25)31(29)16-10-6-9-13-28(32)30-22(3)23-11-7-5-8-12-23/h5,7-8,11-12,14-15,17-19,22H,6,9-10,13,16H2,1-4H3,(H,30,32). The fourth-order valence-electron chi connectivity index (χ4n) is 4.60. The van der Waals surface area contributed by atoms with E-state index in [4.69, 9.17) is 4.74 Å². The topological polar surface area (TPSA) is 43.3 Å². The van der Waals surface area contributed by atoms with Gasteiger partial charge in [-0.2, -0.15) is 0 Å². The van der Waals surface area contributed by atoms with E-state index in [-0.39, 0.29) is 11.9 Å². The number of benzene rings is 2. The van der Waals surface area contributed by atoms with Gasteiger partial charge in [-0.05, 0) is 79.9 Å². The molecule has 2 aromatic carbocycles. The van der Waals surface area contributed by atoms with E-state index < -0.39 is 0 Å². The molecule has 0 spiro atoms. The van der Waals surface area contributed by atoms with Crippen molar-refractivity contribution >= 4 is 28.1 Å². The first-order valence-corrected chi connectivity index (χ1v) is 12.9. The molecule has 4 nitrogen and oxygen atoms in total. The third-order valence-corrected chi connectivity index (χ3v) is 7.50. The van der Waals surface area contributed by atoms with E-state index in [0.29, 0.717) is 6.42 Å². The lowest BCUT2D eigenvalue weighted by Gasteiger charge is -2.14. The maximum absolute atomic E-state index is 12.4. The highest BCUT2D eigenvalue weighted by Crippen LogP contribution is 2.38. The SMILES string of the molecule is COc1ccc2c(c1)c(C)c(-c1cc(C)cs1)n2CCCCCC(=O)NC(C)c1ccccc1. The largest absolute Gasteiger partial charge is 0.497 e. The molecule has 1 unspecified atom stereocenters. The van der Waals surface area contributed by atoms with Crippen LogP contribution in [0.2, 0.25) is 0 Å². The Morgan fingerprint density at radius 3 is 2.56 bits per heavy atom. The number of unbranched alkanes of at least 4 members (excludes halogenated alkanes) is 2. The zero-order valence-corrected chi connectivity index (χ0v) is 21.4. The van der Waals surface area contributed by atoms with Crippen molar-refractivity contribution in [3.05, 3.63) is 76.7 Å². The number of aryl methyl sites for hydroxylation is 3. The zero-order valence-electron chi connectivity index (χ0n) is 20.6. The lowest BCUT2D eigenvalue weighted by atomic mass is 10.1. The third-order valence-electron chi connectivity index (χ3n) is 6.45. The van der Waals surface area contributed by atoms with Gasteiger partial charge in [0.25, 0.3) is 0 Å². The van der Waals surface area contributed by atoms with Gasteiger partial charge < -0.3 is 14.6 Å². The quantitative estimate of drug-likeness (QED) is 0.243. The van der Waals surface area contributed by atoms with Crippen molar-refractivity contribution in [1.29, 1.82) is 0 Å². The molecule has 0 bridgehead atoms. The van der Waals surface area contributed by atoms with E-state index >= 15 is 0 Å². The summed E-state index contributed by atoms with van der Waals surface area (Å²) in [6.45, 7) is 7.33. The second-order valence-corrected chi connectivity index (χ2v) is 9.92. The van der Waals surface area contributed by atoms with Gasteiger partial charge in [-0.1, -0.05) is 36.8 Å². The minimum absolute atomic E-state index is 0.0386. The molecule has 0 fully saturated rings. The van der Waals surface area contributed by atoms with Crippen molar-refractivity contribution in [2.75, 3.05) is 7.11 Å². The molecule has 1 N–H and O–H groups in total. The van der Waals surface area contributed by atoms with Crippen LogP contribution in [0.1, 0.15) is 55.3 Å². The van der Waals surface area contributed by atoms with Crippen LogP contribution in [0.25, 0.3) is 21.5 Å². The summed E-state index contributed by atoms with van der Waals surface area (Å²) >= 11 is 1.80. The van der Waals surface area contributed by atoms with E-state index in [9.17, 15) is 4.79 Å². The molecule has 0 aliphatic heterocycles. The summed E-state index contributed by atoms with van der Waals surface area (Å²) < 4.78 is 7.93. The number of hydrogen-bond donors (Lipinski definition) is 1. The monoisotopic (exact) mass is 474 g/mol. The number of amides is 1. The molecular formula is C29H34N2O2S. The van der Waals surface area contributed by atoms with Crippen LogP contribution in [-0.4, -0.2) is 17.6 Å². The Bertz CT molecular complexity index is 1260. The fourth-order valence-corrected chi connectivity index (χ4v) is 5.61. The van der Waals surface area contributed by atoms with Gasteiger partial charge in [0.05, 0.1) is 23.7 Å². The Morgan fingerprint density at radius 2 is 1.85 bits per heavy atom. The predicted octanol–water partition coefficient (Wildman–Crippen LogP) is 7.43. The van der Waals surface area contributed by atoms with E-state index in [1.54, 1.807) is 18.4 Å². The molecule has 1 atom stereocenters. The lowest BCUT2D eigenvalue weighted by molar-refractivity contribution is -0.121. The average molecular weight is 475 g/mol. The van der Waals surface area contributed by atoms with Gasteiger partial charge in [0, 0.05) is 23.9 Å². The third kappa shape index (κ3) is 5.36. The normalized spacial score (nSPS) is 12.1. The summed E-state index contributed by atoms with van der Waals surface area (Å²) in [4.78, 5) is 13.7. The maximum atomic E-state index is 12.4. The number of thiophene rings is 1. The van der Waals surface area contributed by atoms with Crippen molar-refractivity contribution in [3.63, 3.8) is 0 Å². The molecule has 4 aromatic rings. The minimum atomic E-state index is 0.0386. The second-order valence-electron chi connectivity index (χ2n) is 9.01. The highest BCUT2D eigenvalue weighted by molar-refractivity contribution is 7.13. The van der Waals surface area contributed by atoms with Crippen LogP contribution in [0, 0.1) is 13.8 Å². The molecule has 2 aromatic heterocycles. The van der Waals surface area contributed by atoms with Gasteiger partial charge in [0.1, 0.15) is 5.75 Å². The van der Waals surface area contributed by atoms with Crippen molar-refractivity contribution < 1.29 is 9.53 Å². The number of aromatic nitrogens is 1. The van der Waals surface area contributed by atoms with Gasteiger partial charge in [-0.25, -0.2) is 0 Å². The molecule has 4 rings (SSSR count). The molecule has 0 aliphatic rings. The number of ether oxygens (including phenoxy) is 1. The minimum Gasteiger partial charge on any atom is -0.497 e. The number of nitrogens with zero attached hydrogens (tertiary/aromatic N) is 1. The number of nitrogens with one attached hydrogen (secondary N) is 1. The van der Waals surface area contributed by atoms with E-state index in [1.165, 1.54) is 32.6 Å². The summed E-state index contributed by atoms with van der Waals surface area (Å²) in [5.41, 5.74) is 6.28. The van der Waals surface area contributed by atoms with Gasteiger partial charge in [0.15, 0.2) is 0 Å². The molecule has 0 radical (unpaired) electrons. The van der Waals surface area contributed by atoms with Crippen LogP contribution in [0.15, 0.2) is 60.0 Å². The fraction of sp³-hybridized carbons (Fsp3) is 0.345. The molecule has 1 amide bonds. The Morgan fingerprint density at radius 1 is 1.06 bits per heavy atom. The van der Waals surface area contributed by atoms with Crippen LogP contribution in [0.3, 0.4) is 0 Å². The smallest absolute Gasteiger partial charge is 0.220 e. The van der Waals surface area contributed by atoms with E-state index in [2.05, 4.69) is 59.4 Å². The number of methoxy groups -OCH3 is 1. The number of rotatable bonds is 10. The van der Waals surface area contributed by atoms with Gasteiger partial charge >= 0.3 is 0 Å². The Balaban J connectivity index is 1.39. The Kier molecular flexibility index (Phi) is 7.73. The van der Waals surface area contributed by atoms with E-state index in [1.807, 2.05) is 31.2 Å². The van der Waals surface area contributed by atoms with Crippen LogP contribution in [-0.2, 0) is 11.3 Å². The van der Waals surface area contributed by atoms with Gasteiger partial charge in [0.2, 0.25) is 5.91 Å². The van der Waals surface area contributed by atoms with Crippen LogP contribution >= 0.6 is 11.3 Å². The molecule has 0 saturated carbocycles. The maximum Gasteiger partial charge on any atom is 0.220 e. The highest BCUT2D eigenvalue weighted by Gasteiger charge is 2.17. The zero-order chi connectivity index (χ0) is 24.1. The van der Waals surface area contributed by atoms with Crippen LogP contribution in [0.4, 0.5) is 0 Å². The number of carbonyl (C=O) groups excluding carboxylic acids is 1. The first kappa shape index (κ1) is 24.1. The summed E-state index contributed by atoms with van der Waals surface area (Å²) in [6, 6.07) is 18.8. The van der Waals surface area contributed by atoms with Crippen molar-refractivity contribution in [1.82, 2.24) is 9.88 Å². The average Bonchev–Trinajstić information content (AvgIpc) is 3.39. The molecule has 0 saturated heterocycles. The summed E-state index contributed by atoms with van der Waals surface area (Å²) in [5.74, 6) is 1.01. The van der Waals surface area contributed by atoms with Crippen LogP contribution in [0.5, 0.6) is 5.75 Å². The Hall–Kier alpha value is -3.05. The predicted molar refractivity (Wildman–Crippen MR) is 143 cm³/mol. The molecule has 178 valence electrons. The number of hydrogen-bond acceptors (Lipinski definition) is 3. The summed E-state index contributed by atoms with van der Waals surface area (Å²) in [7, 11) is 1.72. The Labute approximate surface area is 206 Å². The summed E-state index contributed by atoms with van der Waals surface area (Å²) in [6.07, 6.45) is 3.52. The van der Waals surface area contributed by atoms with Crippen molar-refractivity contribution in [2.45, 2.75) is 59.0 Å². The van der Waals surface area contributed by atoms with E-state index in [0.717, 1.165) is 37.1 Å². The van der Waals surface area contributed by atoms with Crippen LogP contribution < -0.4 is 10.1 Å². The van der Waals surface area contributed by atoms with Crippen molar-refractivity contribution in [2.24, 2.45) is 0 Å². The molecular weight excluding hydrogens is 440 g/mol. The molecule has 0 aliphatic carbocycles. The lowest BCUT2D eigenvalue weighted by Crippen LogP contribution is -2.26. The number of fused-ring (bicyclic) bond motifs is 1. The first-order valence-electron chi connectivity index (χ1n) is 12.0. The number of carbonyl (C=O) groups is 1. The van der Waals surface area contributed by atoms with Crippen molar-refractivity contribution in [3.8, 4) is 16.3 Å². The molecule has 2 heterocycles. The molecule has 5 heteroatoms. The second kappa shape index (κ2) is 10.9.